The molecule has 1 fully saturated rings. The van der Waals surface area contributed by atoms with Crippen LogP contribution in [0, 0.1) is 0 Å². The minimum atomic E-state index is -5.19. The highest BCUT2D eigenvalue weighted by atomic mass is 32.3. The fraction of sp³-hybridized carbons (Fsp3) is 0.346. The van der Waals surface area contributed by atoms with E-state index in [9.17, 15) is 41.1 Å². The van der Waals surface area contributed by atoms with Crippen molar-refractivity contribution in [2.24, 2.45) is 5.16 Å². The lowest BCUT2D eigenvalue weighted by Crippen LogP contribution is -2.76. The van der Waals surface area contributed by atoms with Gasteiger partial charge in [-0.2, -0.15) is 26.7 Å². The molecule has 9 N–H and O–H groups in total. The Hall–Kier alpha value is -5.37. The summed E-state index contributed by atoms with van der Waals surface area (Å²) in [5.74, 6) is -5.48. The lowest BCUT2D eigenvalue weighted by Gasteiger charge is -2.50. The predicted molar refractivity (Wildman–Crippen MR) is 166 cm³/mol. The zero-order valence-corrected chi connectivity index (χ0v) is 27.9. The average Bonchev–Trinajstić information content (AvgIpc) is 3.47. The molecule has 1 aromatic carbocycles. The molecular weight excluding hydrogens is 737 g/mol. The quantitative estimate of drug-likeness (QED) is 0.0462. The van der Waals surface area contributed by atoms with Crippen molar-refractivity contribution in [3.05, 3.63) is 41.5 Å². The minimum Gasteiger partial charge on any atom is -0.542 e. The minimum absolute atomic E-state index is 0.0580. The second kappa shape index (κ2) is 16.1. The summed E-state index contributed by atoms with van der Waals surface area (Å²) >= 11 is 0.958. The van der Waals surface area contributed by atoms with Crippen LogP contribution in [-0.2, 0) is 38.7 Å². The SMILES string of the molecule is CC1(C)[C@H](NC(=O)/C(=N\O[C@@H](COc2ccc3c(NCC[NH3+])nccc3c2)C(=O)O)c2csc(N)n2)C(=O)N1OS(=O)(=O)O.O=C([O-])C(F)(F)F. The predicted octanol–water partition coefficient (Wildman–Crippen LogP) is -1.68. The topological polar surface area (TPSA) is 313 Å². The first kappa shape index (κ1) is 40.1. The van der Waals surface area contributed by atoms with Crippen molar-refractivity contribution in [3.63, 3.8) is 0 Å². The van der Waals surface area contributed by atoms with Crippen LogP contribution in [0.1, 0.15) is 19.5 Å². The zero-order chi connectivity index (χ0) is 38.3. The number of fused-ring (bicyclic) bond motifs is 1. The van der Waals surface area contributed by atoms with Crippen LogP contribution in [0.2, 0.25) is 0 Å². The number of aromatic nitrogens is 2. The number of nitrogens with zero attached hydrogens (tertiary/aromatic N) is 4. The number of quaternary nitrogens is 1. The summed E-state index contributed by atoms with van der Waals surface area (Å²) in [6.07, 6.45) is -5.26. The van der Waals surface area contributed by atoms with Crippen LogP contribution in [0.3, 0.4) is 0 Å². The van der Waals surface area contributed by atoms with E-state index >= 15 is 0 Å². The van der Waals surface area contributed by atoms with Crippen molar-refractivity contribution < 1.29 is 75.1 Å². The van der Waals surface area contributed by atoms with Crippen molar-refractivity contribution in [2.75, 3.05) is 30.7 Å². The van der Waals surface area contributed by atoms with Crippen LogP contribution in [0.5, 0.6) is 5.75 Å². The number of nitrogens with two attached hydrogens (primary N) is 1. The van der Waals surface area contributed by atoms with Crippen LogP contribution in [0.15, 0.2) is 41.0 Å². The number of ether oxygens (including phenoxy) is 1. The van der Waals surface area contributed by atoms with Gasteiger partial charge in [-0.15, -0.1) is 15.6 Å². The maximum absolute atomic E-state index is 13.2. The number of hydroxylamine groups is 2. The van der Waals surface area contributed by atoms with E-state index in [1.54, 1.807) is 30.5 Å². The van der Waals surface area contributed by atoms with Crippen LogP contribution >= 0.6 is 11.3 Å². The summed E-state index contributed by atoms with van der Waals surface area (Å²) < 4.78 is 72.6. The molecule has 25 heteroatoms. The first-order valence-electron chi connectivity index (χ1n) is 14.0. The third kappa shape index (κ3) is 10.6. The molecule has 3 aromatic rings. The highest BCUT2D eigenvalue weighted by Gasteiger charge is 2.58. The molecule has 2 amide bonds. The van der Waals surface area contributed by atoms with Crippen molar-refractivity contribution >= 4 is 72.9 Å². The first-order valence-corrected chi connectivity index (χ1v) is 16.2. The Kier molecular flexibility index (Phi) is 12.7. The summed E-state index contributed by atoms with van der Waals surface area (Å²) in [5.41, 5.74) is 7.44. The highest BCUT2D eigenvalue weighted by molar-refractivity contribution is 7.80. The fourth-order valence-electron chi connectivity index (χ4n) is 4.05. The molecule has 2 atom stereocenters. The van der Waals surface area contributed by atoms with Gasteiger partial charge >= 0.3 is 22.5 Å². The van der Waals surface area contributed by atoms with E-state index in [-0.39, 0.29) is 10.8 Å². The maximum Gasteiger partial charge on any atom is 0.430 e. The summed E-state index contributed by atoms with van der Waals surface area (Å²) in [4.78, 5) is 59.9. The van der Waals surface area contributed by atoms with Gasteiger partial charge in [-0.3, -0.25) is 14.1 Å². The number of halogens is 3. The summed E-state index contributed by atoms with van der Waals surface area (Å²) in [5, 5.41) is 31.2. The molecule has 3 heterocycles. The molecule has 1 aliphatic rings. The smallest absolute Gasteiger partial charge is 0.430 e. The largest absolute Gasteiger partial charge is 0.542 e. The number of thiazole rings is 1. The average molecular weight is 767 g/mol. The number of amides is 2. The number of carbonyl (C=O) groups is 4. The van der Waals surface area contributed by atoms with Gasteiger partial charge < -0.3 is 46.7 Å². The van der Waals surface area contributed by atoms with E-state index in [0.717, 1.165) is 22.1 Å². The molecule has 0 bridgehead atoms. The van der Waals surface area contributed by atoms with Gasteiger partial charge in [0.2, 0.25) is 0 Å². The normalized spacial score (nSPS) is 16.3. The number of oxime groups is 1. The lowest BCUT2D eigenvalue weighted by atomic mass is 9.84. The van der Waals surface area contributed by atoms with Gasteiger partial charge in [0.25, 0.3) is 17.9 Å². The molecule has 51 heavy (non-hydrogen) atoms. The number of β-lactam (4-membered cyclic amide) rings is 1. The van der Waals surface area contributed by atoms with Crippen LogP contribution in [0.25, 0.3) is 10.8 Å². The number of nitrogen functional groups attached to an aromatic ring is 1. The number of aliphatic carboxylic acids is 2. The van der Waals surface area contributed by atoms with Gasteiger partial charge in [-0.05, 0) is 43.5 Å². The number of carboxylic acid groups (broad SMARTS) is 2. The van der Waals surface area contributed by atoms with E-state index in [1.165, 1.54) is 19.2 Å². The third-order valence-corrected chi connectivity index (χ3v) is 7.50. The Balaban J connectivity index is 0.000000908. The van der Waals surface area contributed by atoms with E-state index in [2.05, 4.69) is 35.8 Å². The molecule has 0 aliphatic carbocycles. The molecule has 0 radical (unpaired) electrons. The number of pyridine rings is 1. The van der Waals surface area contributed by atoms with Gasteiger partial charge in [0.15, 0.2) is 10.8 Å². The monoisotopic (exact) mass is 766 g/mol. The van der Waals surface area contributed by atoms with Gasteiger partial charge in [-0.25, -0.2) is 14.8 Å². The van der Waals surface area contributed by atoms with Crippen molar-refractivity contribution in [1.29, 1.82) is 0 Å². The summed E-state index contributed by atoms with van der Waals surface area (Å²) in [6.45, 7) is 3.51. The molecule has 0 saturated carbocycles. The number of carboxylic acids is 2. The van der Waals surface area contributed by atoms with Crippen molar-refractivity contribution in [2.45, 2.75) is 37.7 Å². The number of nitrogens with one attached hydrogen (secondary N) is 2. The van der Waals surface area contributed by atoms with Crippen LogP contribution in [0.4, 0.5) is 24.1 Å². The molecule has 0 spiro atoms. The van der Waals surface area contributed by atoms with E-state index in [1.807, 2.05) is 0 Å². The molecule has 4 rings (SSSR count). The Morgan fingerprint density at radius 1 is 1.27 bits per heavy atom. The molecule has 0 unspecified atom stereocenters. The standard InChI is InChI=1S/C24H28N8O10S2.C2HF3O2/c1-24(2)18(21(34)32(24)42-44(37,38)39)30-20(33)17(15-11-43-23(26)29-15)31-41-16(22(35)36)10-40-13-3-4-14-12(9-13)5-7-27-19(14)28-8-6-25;3-2(4,5)1(6)7/h3-5,7,9,11,16,18H,6,8,10,25H2,1-2H3,(H2,26,29)(H,27,28)(H,30,33)(H,35,36)(H,37,38,39);(H,6,7)/b31-17-;/t16-,18+;/m0./s1. The zero-order valence-electron chi connectivity index (χ0n) is 26.2. The second-order valence-electron chi connectivity index (χ2n) is 10.6. The Labute approximate surface area is 289 Å². The summed E-state index contributed by atoms with van der Waals surface area (Å²) in [6, 6.07) is 5.52. The highest BCUT2D eigenvalue weighted by Crippen LogP contribution is 2.33. The molecule has 1 aliphatic heterocycles. The molecule has 20 nitrogen and oxygen atoms in total. The van der Waals surface area contributed by atoms with E-state index in [4.69, 9.17) is 29.8 Å². The fourth-order valence-corrected chi connectivity index (χ4v) is 5.05. The number of hydrogen-bond acceptors (Lipinski definition) is 16. The van der Waals surface area contributed by atoms with Gasteiger partial charge in [-0.1, -0.05) is 5.16 Å². The van der Waals surface area contributed by atoms with Crippen LogP contribution < -0.4 is 31.9 Å². The molecule has 2 aromatic heterocycles. The third-order valence-electron chi connectivity index (χ3n) is 6.49. The Bertz CT molecular complexity index is 1920. The maximum atomic E-state index is 13.2. The van der Waals surface area contributed by atoms with E-state index < -0.39 is 70.3 Å². The Morgan fingerprint density at radius 3 is 2.47 bits per heavy atom. The lowest BCUT2D eigenvalue weighted by molar-refractivity contribution is -0.362. The van der Waals surface area contributed by atoms with Crippen molar-refractivity contribution in [3.8, 4) is 5.75 Å². The number of anilines is 2. The van der Waals surface area contributed by atoms with Crippen LogP contribution in [-0.4, -0.2) is 106 Å². The summed E-state index contributed by atoms with van der Waals surface area (Å²) in [7, 11) is -5.01. The first-order chi connectivity index (χ1) is 23.6. The van der Waals surface area contributed by atoms with E-state index in [0.29, 0.717) is 29.7 Å². The molecule has 278 valence electrons. The number of alkyl halides is 3. The van der Waals surface area contributed by atoms with Crippen molar-refractivity contribution in [1.82, 2.24) is 20.3 Å². The van der Waals surface area contributed by atoms with Gasteiger partial charge in [0.05, 0.1) is 18.6 Å². The Morgan fingerprint density at radius 2 is 1.94 bits per heavy atom. The number of rotatable bonds is 14. The number of carbonyl (C=O) groups excluding carboxylic acids is 3. The molecule has 1 saturated heterocycles. The van der Waals surface area contributed by atoms with Gasteiger partial charge in [0.1, 0.15) is 35.9 Å². The second-order valence-corrected chi connectivity index (χ2v) is 12.5. The molecular formula is C26H29F3N8O12S2. The number of benzene rings is 1. The number of hydrogen-bond donors (Lipinski definition) is 6. The van der Waals surface area contributed by atoms with Gasteiger partial charge in [0, 0.05) is 17.0 Å².